The average Bonchev–Trinajstić information content (AvgIpc) is 3.14. The van der Waals surface area contributed by atoms with Gasteiger partial charge in [0.25, 0.3) is 5.91 Å². The summed E-state index contributed by atoms with van der Waals surface area (Å²) in [4.78, 5) is 34.6. The van der Waals surface area contributed by atoms with E-state index in [-0.39, 0.29) is 11.9 Å². The number of rotatable bonds is 3. The molecule has 0 radical (unpaired) electrons. The number of aromatic amines is 1. The highest BCUT2D eigenvalue weighted by Gasteiger charge is 2.36. The fourth-order valence-electron chi connectivity index (χ4n) is 3.67. The van der Waals surface area contributed by atoms with Crippen LogP contribution in [-0.2, 0) is 17.8 Å². The van der Waals surface area contributed by atoms with Gasteiger partial charge in [0.15, 0.2) is 0 Å². The Morgan fingerprint density at radius 2 is 2.15 bits per heavy atom. The van der Waals surface area contributed by atoms with Gasteiger partial charge in [-0.2, -0.15) is 0 Å². The Morgan fingerprint density at radius 3 is 2.96 bits per heavy atom. The zero-order valence-corrected chi connectivity index (χ0v) is 15.2. The third kappa shape index (κ3) is 3.03. The van der Waals surface area contributed by atoms with Gasteiger partial charge in [-0.1, -0.05) is 18.2 Å². The van der Waals surface area contributed by atoms with Crippen molar-refractivity contribution in [1.29, 1.82) is 0 Å². The van der Waals surface area contributed by atoms with Crippen LogP contribution in [0.2, 0.25) is 0 Å². The van der Waals surface area contributed by atoms with Crippen molar-refractivity contribution in [2.45, 2.75) is 25.9 Å². The smallest absolute Gasteiger partial charge is 0.319 e. The van der Waals surface area contributed by atoms with E-state index >= 15 is 0 Å². The topological polar surface area (TPSA) is 99.3 Å². The Morgan fingerprint density at radius 1 is 1.33 bits per heavy atom. The lowest BCUT2D eigenvalue weighted by molar-refractivity contribution is -0.128. The minimum atomic E-state index is -0.578. The highest BCUT2D eigenvalue weighted by molar-refractivity contribution is 5.98. The molecule has 2 aromatic rings. The summed E-state index contributed by atoms with van der Waals surface area (Å²) in [6, 6.07) is 6.48. The molecular weight excluding hydrogens is 346 g/mol. The maximum Gasteiger partial charge on any atom is 0.319 e. The monoisotopic (exact) mass is 367 g/mol. The summed E-state index contributed by atoms with van der Waals surface area (Å²) in [5, 5.41) is 5.59. The number of aromatic nitrogens is 2. The molecule has 1 atom stereocenters. The summed E-state index contributed by atoms with van der Waals surface area (Å²) in [5.74, 6) is 0.508. The minimum absolute atomic E-state index is 0.115. The first-order valence-corrected chi connectivity index (χ1v) is 8.80. The number of fused-ring (bicyclic) bond motifs is 1. The highest BCUT2D eigenvalue weighted by Crippen LogP contribution is 2.34. The van der Waals surface area contributed by atoms with Crippen molar-refractivity contribution in [3.8, 4) is 5.75 Å². The SMILES string of the molecule is COc1ccccc1C1NC(=O)NC(C)=C1C(=O)N1CCc2nc[nH]c2C1. The van der Waals surface area contributed by atoms with Gasteiger partial charge < -0.3 is 25.3 Å². The second-order valence-corrected chi connectivity index (χ2v) is 6.62. The van der Waals surface area contributed by atoms with Gasteiger partial charge in [0.1, 0.15) is 5.75 Å². The number of imidazole rings is 1. The lowest BCUT2D eigenvalue weighted by Gasteiger charge is -2.34. The van der Waals surface area contributed by atoms with E-state index in [4.69, 9.17) is 4.74 Å². The number of methoxy groups -OCH3 is 1. The fraction of sp³-hybridized carbons (Fsp3) is 0.316. The van der Waals surface area contributed by atoms with E-state index in [0.29, 0.717) is 36.5 Å². The Bertz CT molecular complexity index is 933. The second kappa shape index (κ2) is 6.79. The van der Waals surface area contributed by atoms with Crippen LogP contribution in [0.15, 0.2) is 41.9 Å². The van der Waals surface area contributed by atoms with Gasteiger partial charge in [0.2, 0.25) is 0 Å². The van der Waals surface area contributed by atoms with Crippen LogP contribution >= 0.6 is 0 Å². The molecule has 1 aromatic heterocycles. The van der Waals surface area contributed by atoms with Crippen molar-refractivity contribution >= 4 is 11.9 Å². The highest BCUT2D eigenvalue weighted by atomic mass is 16.5. The van der Waals surface area contributed by atoms with Crippen molar-refractivity contribution in [2.75, 3.05) is 13.7 Å². The molecule has 0 fully saturated rings. The maximum absolute atomic E-state index is 13.4. The van der Waals surface area contributed by atoms with Crippen LogP contribution in [0.25, 0.3) is 0 Å². The number of carbonyl (C=O) groups excluding carboxylic acids is 2. The van der Waals surface area contributed by atoms with Crippen LogP contribution in [0.1, 0.15) is 29.9 Å². The molecule has 1 aromatic carbocycles. The van der Waals surface area contributed by atoms with Crippen LogP contribution < -0.4 is 15.4 Å². The first-order valence-electron chi connectivity index (χ1n) is 8.80. The zero-order valence-electron chi connectivity index (χ0n) is 15.2. The molecule has 4 rings (SSSR count). The Kier molecular flexibility index (Phi) is 4.31. The summed E-state index contributed by atoms with van der Waals surface area (Å²) in [7, 11) is 1.57. The molecule has 8 nitrogen and oxygen atoms in total. The number of amides is 3. The first-order chi connectivity index (χ1) is 13.1. The van der Waals surface area contributed by atoms with E-state index in [0.717, 1.165) is 17.0 Å². The number of carbonyl (C=O) groups is 2. The van der Waals surface area contributed by atoms with Gasteiger partial charge in [0, 0.05) is 24.2 Å². The van der Waals surface area contributed by atoms with Crippen molar-refractivity contribution < 1.29 is 14.3 Å². The third-order valence-electron chi connectivity index (χ3n) is 5.01. The molecule has 140 valence electrons. The molecule has 3 N–H and O–H groups in total. The zero-order chi connectivity index (χ0) is 19.0. The maximum atomic E-state index is 13.4. The number of allylic oxidation sites excluding steroid dienone is 1. The standard InChI is InChI=1S/C19H21N5O3/c1-11-16(18(25)24-8-7-13-14(9-24)21-10-20-13)17(23-19(26)22-11)12-5-3-4-6-15(12)27-2/h3-6,10,17H,7-9H2,1-2H3,(H,20,21)(H2,22,23,26). The number of urea groups is 1. The number of hydrogen-bond acceptors (Lipinski definition) is 4. The lowest BCUT2D eigenvalue weighted by atomic mass is 9.93. The fourth-order valence-corrected chi connectivity index (χ4v) is 3.67. The van der Waals surface area contributed by atoms with Crippen LogP contribution in [-0.4, -0.2) is 40.5 Å². The molecule has 0 bridgehead atoms. The summed E-state index contributed by atoms with van der Waals surface area (Å²) in [5.41, 5.74) is 3.77. The molecule has 0 saturated carbocycles. The Balaban J connectivity index is 1.71. The van der Waals surface area contributed by atoms with Gasteiger partial charge in [0.05, 0.1) is 43.0 Å². The van der Waals surface area contributed by atoms with Crippen LogP contribution in [0.5, 0.6) is 5.75 Å². The minimum Gasteiger partial charge on any atom is -0.496 e. The van der Waals surface area contributed by atoms with E-state index < -0.39 is 6.04 Å². The molecule has 3 amide bonds. The predicted octanol–water partition coefficient (Wildman–Crippen LogP) is 1.63. The van der Waals surface area contributed by atoms with Gasteiger partial charge in [-0.15, -0.1) is 0 Å². The quantitative estimate of drug-likeness (QED) is 0.768. The normalized spacial score (nSPS) is 19.3. The molecule has 8 heteroatoms. The van der Waals surface area contributed by atoms with Gasteiger partial charge in [-0.3, -0.25) is 4.79 Å². The Labute approximate surface area is 156 Å². The molecule has 3 heterocycles. The number of nitrogens with zero attached hydrogens (tertiary/aromatic N) is 2. The molecule has 27 heavy (non-hydrogen) atoms. The van der Waals surface area contributed by atoms with E-state index in [2.05, 4.69) is 20.6 Å². The number of ether oxygens (including phenoxy) is 1. The molecule has 2 aliphatic rings. The summed E-state index contributed by atoms with van der Waals surface area (Å²) in [6.07, 6.45) is 2.36. The van der Waals surface area contributed by atoms with Gasteiger partial charge in [-0.25, -0.2) is 9.78 Å². The van der Waals surface area contributed by atoms with Crippen molar-refractivity contribution in [3.63, 3.8) is 0 Å². The molecule has 2 aliphatic heterocycles. The van der Waals surface area contributed by atoms with Crippen molar-refractivity contribution in [1.82, 2.24) is 25.5 Å². The van der Waals surface area contributed by atoms with E-state index in [9.17, 15) is 9.59 Å². The van der Waals surface area contributed by atoms with Gasteiger partial charge >= 0.3 is 6.03 Å². The molecular formula is C19H21N5O3. The van der Waals surface area contributed by atoms with Crippen LogP contribution in [0.3, 0.4) is 0 Å². The summed E-state index contributed by atoms with van der Waals surface area (Å²) < 4.78 is 5.45. The first kappa shape index (κ1) is 17.1. The average molecular weight is 367 g/mol. The van der Waals surface area contributed by atoms with E-state index in [1.54, 1.807) is 25.3 Å². The van der Waals surface area contributed by atoms with Crippen molar-refractivity contribution in [3.05, 3.63) is 58.8 Å². The number of H-pyrrole nitrogens is 1. The van der Waals surface area contributed by atoms with Gasteiger partial charge in [-0.05, 0) is 13.0 Å². The second-order valence-electron chi connectivity index (χ2n) is 6.62. The van der Waals surface area contributed by atoms with Crippen molar-refractivity contribution in [2.24, 2.45) is 0 Å². The summed E-state index contributed by atoms with van der Waals surface area (Å²) >= 11 is 0. The Hall–Kier alpha value is -3.29. The molecule has 1 unspecified atom stereocenters. The molecule has 0 spiro atoms. The van der Waals surface area contributed by atoms with Crippen LogP contribution in [0, 0.1) is 0 Å². The van der Waals surface area contributed by atoms with Crippen LogP contribution in [0.4, 0.5) is 4.79 Å². The summed E-state index contributed by atoms with van der Waals surface area (Å²) in [6.45, 7) is 2.80. The number of hydrogen-bond donors (Lipinski definition) is 3. The predicted molar refractivity (Wildman–Crippen MR) is 97.8 cm³/mol. The largest absolute Gasteiger partial charge is 0.496 e. The lowest BCUT2D eigenvalue weighted by Crippen LogP contribution is -2.48. The molecule has 0 saturated heterocycles. The van der Waals surface area contributed by atoms with E-state index in [1.807, 2.05) is 24.3 Å². The third-order valence-corrected chi connectivity index (χ3v) is 5.01. The van der Waals surface area contributed by atoms with E-state index in [1.165, 1.54) is 0 Å². The number of benzene rings is 1. The number of nitrogens with one attached hydrogen (secondary N) is 3. The number of para-hydroxylation sites is 1. The molecule has 0 aliphatic carbocycles.